The predicted molar refractivity (Wildman–Crippen MR) is 107 cm³/mol. The van der Waals surface area contributed by atoms with Crippen molar-refractivity contribution in [1.29, 1.82) is 0 Å². The van der Waals surface area contributed by atoms with Crippen LogP contribution in [0.3, 0.4) is 0 Å². The van der Waals surface area contributed by atoms with Gasteiger partial charge in [0.2, 0.25) is 11.8 Å². The second-order valence-corrected chi connectivity index (χ2v) is 7.38. The van der Waals surface area contributed by atoms with Gasteiger partial charge in [0, 0.05) is 25.2 Å². The molecule has 1 aliphatic heterocycles. The standard InChI is InChI=1S/C18H24N8O2/c19-12-7-8-24(11-12)14-5-6-16(21-9-14)25(13-3-1-2-4-13)18-22-10-15(26(27)28)17(20)23-18/h5-6,9-10,12-13H,1-4,7-8,11,19H2,(H2,20,22,23). The zero-order valence-corrected chi connectivity index (χ0v) is 15.6. The lowest BCUT2D eigenvalue weighted by molar-refractivity contribution is -0.384. The molecule has 0 amide bonds. The minimum Gasteiger partial charge on any atom is -0.378 e. The van der Waals surface area contributed by atoms with Crippen LogP contribution < -0.4 is 21.3 Å². The first-order valence-electron chi connectivity index (χ1n) is 9.55. The van der Waals surface area contributed by atoms with Gasteiger partial charge in [-0.15, -0.1) is 0 Å². The van der Waals surface area contributed by atoms with Crippen LogP contribution in [0.4, 0.5) is 29.0 Å². The van der Waals surface area contributed by atoms with E-state index in [0.29, 0.717) is 11.8 Å². The number of nitrogens with two attached hydrogens (primary N) is 2. The third kappa shape index (κ3) is 3.55. The monoisotopic (exact) mass is 384 g/mol. The summed E-state index contributed by atoms with van der Waals surface area (Å²) in [6.07, 6.45) is 8.20. The predicted octanol–water partition coefficient (Wildman–Crippen LogP) is 1.98. The normalized spacial score (nSPS) is 19.9. The van der Waals surface area contributed by atoms with Gasteiger partial charge in [0.1, 0.15) is 12.0 Å². The van der Waals surface area contributed by atoms with Gasteiger partial charge in [-0.1, -0.05) is 12.8 Å². The quantitative estimate of drug-likeness (QED) is 0.584. The van der Waals surface area contributed by atoms with Crippen molar-refractivity contribution in [2.24, 2.45) is 5.73 Å². The molecule has 0 bridgehead atoms. The molecule has 4 N–H and O–H groups in total. The molecule has 1 saturated heterocycles. The van der Waals surface area contributed by atoms with Crippen molar-refractivity contribution in [3.05, 3.63) is 34.6 Å². The SMILES string of the molecule is Nc1nc(N(c2ccc(N3CCC(N)C3)cn2)C2CCCC2)ncc1[N+](=O)[O-]. The summed E-state index contributed by atoms with van der Waals surface area (Å²) in [6.45, 7) is 1.76. The number of nitro groups is 1. The molecule has 10 heteroatoms. The fourth-order valence-electron chi connectivity index (χ4n) is 3.98. The van der Waals surface area contributed by atoms with E-state index in [0.717, 1.165) is 50.9 Å². The van der Waals surface area contributed by atoms with Gasteiger partial charge in [0.05, 0.1) is 16.8 Å². The minimum atomic E-state index is -0.577. The summed E-state index contributed by atoms with van der Waals surface area (Å²) in [5, 5.41) is 11.0. The molecule has 2 aromatic rings. The Morgan fingerprint density at radius 3 is 2.54 bits per heavy atom. The van der Waals surface area contributed by atoms with Crippen molar-refractivity contribution in [2.75, 3.05) is 28.6 Å². The van der Waals surface area contributed by atoms with Crippen molar-refractivity contribution in [1.82, 2.24) is 15.0 Å². The van der Waals surface area contributed by atoms with E-state index < -0.39 is 4.92 Å². The van der Waals surface area contributed by atoms with Gasteiger partial charge in [-0.2, -0.15) is 4.98 Å². The Bertz CT molecular complexity index is 853. The van der Waals surface area contributed by atoms with Crippen LogP contribution in [0.25, 0.3) is 0 Å². The highest BCUT2D eigenvalue weighted by Gasteiger charge is 2.29. The van der Waals surface area contributed by atoms with Crippen molar-refractivity contribution < 1.29 is 4.92 Å². The number of aromatic nitrogens is 3. The van der Waals surface area contributed by atoms with Gasteiger partial charge >= 0.3 is 5.69 Å². The third-order valence-corrected chi connectivity index (χ3v) is 5.46. The zero-order chi connectivity index (χ0) is 19.7. The molecule has 2 fully saturated rings. The van der Waals surface area contributed by atoms with E-state index in [2.05, 4.69) is 19.9 Å². The Labute approximate surface area is 162 Å². The molecule has 148 valence electrons. The first-order valence-corrected chi connectivity index (χ1v) is 9.55. The summed E-state index contributed by atoms with van der Waals surface area (Å²) in [5.41, 5.74) is 12.5. The van der Waals surface area contributed by atoms with E-state index in [1.165, 1.54) is 6.20 Å². The van der Waals surface area contributed by atoms with Crippen LogP contribution in [0.2, 0.25) is 0 Å². The van der Waals surface area contributed by atoms with Crippen LogP contribution in [0.15, 0.2) is 24.5 Å². The maximum absolute atomic E-state index is 11.0. The van der Waals surface area contributed by atoms with E-state index in [9.17, 15) is 10.1 Å². The molecular formula is C18H24N8O2. The lowest BCUT2D eigenvalue weighted by Crippen LogP contribution is -2.31. The molecule has 0 aromatic carbocycles. The lowest BCUT2D eigenvalue weighted by atomic mass is 10.2. The summed E-state index contributed by atoms with van der Waals surface area (Å²) in [6, 6.07) is 4.36. The van der Waals surface area contributed by atoms with Crippen LogP contribution in [0.1, 0.15) is 32.1 Å². The summed E-state index contributed by atoms with van der Waals surface area (Å²) in [4.78, 5) is 27.7. The molecule has 2 aliphatic rings. The van der Waals surface area contributed by atoms with Crippen molar-refractivity contribution >= 4 is 29.0 Å². The smallest absolute Gasteiger partial charge is 0.329 e. The molecule has 1 aliphatic carbocycles. The number of hydrogen-bond acceptors (Lipinski definition) is 9. The van der Waals surface area contributed by atoms with Crippen LogP contribution >= 0.6 is 0 Å². The van der Waals surface area contributed by atoms with Crippen LogP contribution in [-0.2, 0) is 0 Å². The fraction of sp³-hybridized carbons (Fsp3) is 0.500. The third-order valence-electron chi connectivity index (χ3n) is 5.46. The summed E-state index contributed by atoms with van der Waals surface area (Å²) in [7, 11) is 0. The molecule has 1 unspecified atom stereocenters. The van der Waals surface area contributed by atoms with Crippen LogP contribution in [0, 0.1) is 10.1 Å². The van der Waals surface area contributed by atoms with Gasteiger partial charge in [0.25, 0.3) is 0 Å². The molecule has 1 saturated carbocycles. The highest BCUT2D eigenvalue weighted by Crippen LogP contribution is 2.34. The highest BCUT2D eigenvalue weighted by atomic mass is 16.6. The van der Waals surface area contributed by atoms with Gasteiger partial charge in [-0.05, 0) is 31.4 Å². The van der Waals surface area contributed by atoms with E-state index >= 15 is 0 Å². The number of nitrogen functional groups attached to an aromatic ring is 1. The maximum Gasteiger partial charge on any atom is 0.329 e. The average Bonchev–Trinajstić information content (AvgIpc) is 3.34. The molecule has 2 aromatic heterocycles. The Morgan fingerprint density at radius 2 is 1.96 bits per heavy atom. The highest BCUT2D eigenvalue weighted by molar-refractivity contribution is 5.61. The lowest BCUT2D eigenvalue weighted by Gasteiger charge is -2.28. The first kappa shape index (κ1) is 18.4. The maximum atomic E-state index is 11.0. The van der Waals surface area contributed by atoms with Gasteiger partial charge in [-0.25, -0.2) is 9.97 Å². The Hall–Kier alpha value is -3.01. The second-order valence-electron chi connectivity index (χ2n) is 7.38. The van der Waals surface area contributed by atoms with Crippen molar-refractivity contribution in [2.45, 2.75) is 44.2 Å². The zero-order valence-electron chi connectivity index (χ0n) is 15.6. The van der Waals surface area contributed by atoms with Crippen LogP contribution in [0.5, 0.6) is 0 Å². The molecule has 0 radical (unpaired) electrons. The summed E-state index contributed by atoms with van der Waals surface area (Å²) < 4.78 is 0. The van der Waals surface area contributed by atoms with Crippen LogP contribution in [-0.4, -0.2) is 45.0 Å². The summed E-state index contributed by atoms with van der Waals surface area (Å²) >= 11 is 0. The van der Waals surface area contributed by atoms with Crippen molar-refractivity contribution in [3.63, 3.8) is 0 Å². The number of hydrogen-bond donors (Lipinski definition) is 2. The second kappa shape index (κ2) is 7.55. The molecule has 4 rings (SSSR count). The Balaban J connectivity index is 1.65. The van der Waals surface area contributed by atoms with Gasteiger partial charge < -0.3 is 16.4 Å². The number of rotatable bonds is 5. The fourth-order valence-corrected chi connectivity index (χ4v) is 3.98. The molecule has 28 heavy (non-hydrogen) atoms. The first-order chi connectivity index (χ1) is 13.5. The van der Waals surface area contributed by atoms with Gasteiger partial charge in [-0.3, -0.25) is 15.0 Å². The number of pyridine rings is 1. The van der Waals surface area contributed by atoms with E-state index in [1.54, 1.807) is 0 Å². The van der Waals surface area contributed by atoms with Crippen molar-refractivity contribution in [3.8, 4) is 0 Å². The Morgan fingerprint density at radius 1 is 1.18 bits per heavy atom. The summed E-state index contributed by atoms with van der Waals surface area (Å²) in [5.74, 6) is 0.923. The van der Waals surface area contributed by atoms with Gasteiger partial charge in [0.15, 0.2) is 0 Å². The van der Waals surface area contributed by atoms with E-state index in [4.69, 9.17) is 11.5 Å². The van der Waals surface area contributed by atoms with E-state index in [1.807, 2.05) is 23.2 Å². The Kier molecular flexibility index (Phi) is 4.95. The average molecular weight is 384 g/mol. The number of anilines is 4. The molecule has 10 nitrogen and oxygen atoms in total. The number of nitrogens with zero attached hydrogens (tertiary/aromatic N) is 6. The molecule has 1 atom stereocenters. The van der Waals surface area contributed by atoms with E-state index in [-0.39, 0.29) is 23.6 Å². The topological polar surface area (TPSA) is 140 Å². The molecule has 0 spiro atoms. The largest absolute Gasteiger partial charge is 0.378 e. The molecular weight excluding hydrogens is 360 g/mol. The molecule has 3 heterocycles. The minimum absolute atomic E-state index is 0.138.